The van der Waals surface area contributed by atoms with E-state index >= 15 is 0 Å². The zero-order chi connectivity index (χ0) is 18.7. The summed E-state index contributed by atoms with van der Waals surface area (Å²) in [5, 5.41) is 11.3. The predicted molar refractivity (Wildman–Crippen MR) is 103 cm³/mol. The highest BCUT2D eigenvalue weighted by Crippen LogP contribution is 2.29. The lowest BCUT2D eigenvalue weighted by Gasteiger charge is -2.17. The van der Waals surface area contributed by atoms with Crippen LogP contribution in [0.3, 0.4) is 0 Å². The average molecular weight is 391 g/mol. The number of anilines is 2. The summed E-state index contributed by atoms with van der Waals surface area (Å²) in [6.07, 6.45) is 0.466. The summed E-state index contributed by atoms with van der Waals surface area (Å²) in [4.78, 5) is 16.9. The minimum atomic E-state index is -0.459. The Balaban J connectivity index is 1.86. The highest BCUT2D eigenvalue weighted by atomic mass is 35.5. The standard InChI is InChI=1S/C17H16Cl2N6O/c18-12-3-1-9(7-13(12)19)11(5-6-20)16(26)22-10-2-4-14-15(8-10)23-17(21)25-24-14/h1-4,7-8,11H,5-6,20H2,(H,22,26)(H2,21,23,25). The van der Waals surface area contributed by atoms with Crippen molar-refractivity contribution >= 4 is 51.8 Å². The Kier molecular flexibility index (Phi) is 5.51. The number of carbonyl (C=O) groups is 1. The van der Waals surface area contributed by atoms with Gasteiger partial charge in [0.05, 0.1) is 21.5 Å². The van der Waals surface area contributed by atoms with E-state index in [9.17, 15) is 4.79 Å². The van der Waals surface area contributed by atoms with Crippen molar-refractivity contribution in [1.29, 1.82) is 0 Å². The molecular formula is C17H16Cl2N6O. The van der Waals surface area contributed by atoms with Crippen LogP contribution >= 0.6 is 23.2 Å². The molecule has 0 saturated heterocycles. The second kappa shape index (κ2) is 7.82. The third kappa shape index (κ3) is 4.01. The van der Waals surface area contributed by atoms with Gasteiger partial charge in [-0.3, -0.25) is 4.79 Å². The normalized spacial score (nSPS) is 12.1. The Morgan fingerprint density at radius 1 is 1.08 bits per heavy atom. The molecule has 3 rings (SSSR count). The number of hydrogen-bond acceptors (Lipinski definition) is 6. The van der Waals surface area contributed by atoms with Crippen molar-refractivity contribution in [2.45, 2.75) is 12.3 Å². The average Bonchev–Trinajstić information content (AvgIpc) is 2.61. The molecule has 0 radical (unpaired) electrons. The summed E-state index contributed by atoms with van der Waals surface area (Å²) < 4.78 is 0. The molecule has 7 nitrogen and oxygen atoms in total. The highest BCUT2D eigenvalue weighted by Gasteiger charge is 2.21. The van der Waals surface area contributed by atoms with E-state index in [4.69, 9.17) is 34.7 Å². The first kappa shape index (κ1) is 18.3. The summed E-state index contributed by atoms with van der Waals surface area (Å²) in [6, 6.07) is 10.2. The fraction of sp³-hybridized carbons (Fsp3) is 0.176. The molecule has 1 amide bonds. The summed E-state index contributed by atoms with van der Waals surface area (Å²) in [6.45, 7) is 0.351. The first-order valence-corrected chi connectivity index (χ1v) is 8.59. The van der Waals surface area contributed by atoms with E-state index in [2.05, 4.69) is 20.5 Å². The van der Waals surface area contributed by atoms with Gasteiger partial charge in [0, 0.05) is 5.69 Å². The van der Waals surface area contributed by atoms with Crippen LogP contribution < -0.4 is 16.8 Å². The molecule has 0 bridgehead atoms. The maximum atomic E-state index is 12.8. The topological polar surface area (TPSA) is 120 Å². The largest absolute Gasteiger partial charge is 0.366 e. The fourth-order valence-electron chi connectivity index (χ4n) is 2.60. The van der Waals surface area contributed by atoms with E-state index in [0.717, 1.165) is 5.56 Å². The molecule has 0 aliphatic rings. The molecular weight excluding hydrogens is 375 g/mol. The monoisotopic (exact) mass is 390 g/mol. The number of nitrogen functional groups attached to an aromatic ring is 1. The van der Waals surface area contributed by atoms with Crippen molar-refractivity contribution in [2.75, 3.05) is 17.6 Å². The van der Waals surface area contributed by atoms with Crippen LogP contribution in [0.2, 0.25) is 10.0 Å². The Morgan fingerprint density at radius 3 is 2.62 bits per heavy atom. The second-order valence-electron chi connectivity index (χ2n) is 5.67. The Hall–Kier alpha value is -2.48. The van der Waals surface area contributed by atoms with Gasteiger partial charge >= 0.3 is 0 Å². The van der Waals surface area contributed by atoms with Crippen LogP contribution in [-0.2, 0) is 4.79 Å². The van der Waals surface area contributed by atoms with Crippen LogP contribution in [0.25, 0.3) is 11.0 Å². The second-order valence-corrected chi connectivity index (χ2v) is 6.48. The van der Waals surface area contributed by atoms with Gasteiger partial charge in [-0.25, -0.2) is 4.98 Å². The lowest BCUT2D eigenvalue weighted by molar-refractivity contribution is -0.117. The number of hydrogen-bond donors (Lipinski definition) is 3. The van der Waals surface area contributed by atoms with Gasteiger partial charge in [-0.05, 0) is 48.9 Å². The zero-order valence-electron chi connectivity index (χ0n) is 13.6. The molecule has 0 saturated carbocycles. The molecule has 9 heteroatoms. The van der Waals surface area contributed by atoms with Crippen LogP contribution in [0.5, 0.6) is 0 Å². The predicted octanol–water partition coefficient (Wildman–Crippen LogP) is 2.98. The number of amides is 1. The lowest BCUT2D eigenvalue weighted by atomic mass is 9.94. The van der Waals surface area contributed by atoms with E-state index in [1.54, 1.807) is 36.4 Å². The summed E-state index contributed by atoms with van der Waals surface area (Å²) >= 11 is 12.0. The Labute approximate surface area is 159 Å². The van der Waals surface area contributed by atoms with Crippen molar-refractivity contribution in [1.82, 2.24) is 15.2 Å². The van der Waals surface area contributed by atoms with Crippen molar-refractivity contribution in [3.05, 3.63) is 52.0 Å². The Bertz CT molecular complexity index is 965. The van der Waals surface area contributed by atoms with E-state index in [1.807, 2.05) is 0 Å². The Morgan fingerprint density at radius 2 is 1.88 bits per heavy atom. The van der Waals surface area contributed by atoms with Gasteiger partial charge in [-0.1, -0.05) is 29.3 Å². The molecule has 1 aromatic heterocycles. The number of halogens is 2. The van der Waals surface area contributed by atoms with Gasteiger partial charge in [0.2, 0.25) is 11.9 Å². The fourth-order valence-corrected chi connectivity index (χ4v) is 2.91. The zero-order valence-corrected chi connectivity index (χ0v) is 15.1. The smallest absolute Gasteiger partial charge is 0.240 e. The molecule has 26 heavy (non-hydrogen) atoms. The van der Waals surface area contributed by atoms with Crippen molar-refractivity contribution in [2.24, 2.45) is 5.73 Å². The first-order chi connectivity index (χ1) is 12.5. The number of nitrogens with zero attached hydrogens (tertiary/aromatic N) is 3. The maximum absolute atomic E-state index is 12.8. The third-order valence-electron chi connectivity index (χ3n) is 3.86. The van der Waals surface area contributed by atoms with Crippen LogP contribution in [0.15, 0.2) is 36.4 Å². The van der Waals surface area contributed by atoms with Gasteiger partial charge in [0.15, 0.2) is 0 Å². The number of nitrogens with one attached hydrogen (secondary N) is 1. The number of nitrogens with two attached hydrogens (primary N) is 2. The van der Waals surface area contributed by atoms with Crippen LogP contribution in [0, 0.1) is 0 Å². The van der Waals surface area contributed by atoms with E-state index in [0.29, 0.717) is 39.7 Å². The minimum absolute atomic E-state index is 0.0674. The minimum Gasteiger partial charge on any atom is -0.366 e. The van der Waals surface area contributed by atoms with Crippen molar-refractivity contribution < 1.29 is 4.79 Å². The molecule has 5 N–H and O–H groups in total. The molecule has 1 atom stereocenters. The molecule has 3 aromatic rings. The molecule has 0 aliphatic heterocycles. The molecule has 0 aliphatic carbocycles. The van der Waals surface area contributed by atoms with Gasteiger partial charge in [-0.2, -0.15) is 0 Å². The van der Waals surface area contributed by atoms with E-state index < -0.39 is 5.92 Å². The van der Waals surface area contributed by atoms with E-state index in [1.165, 1.54) is 0 Å². The van der Waals surface area contributed by atoms with Gasteiger partial charge < -0.3 is 16.8 Å². The molecule has 134 valence electrons. The first-order valence-electron chi connectivity index (χ1n) is 7.84. The van der Waals surface area contributed by atoms with Gasteiger partial charge in [0.25, 0.3) is 0 Å². The van der Waals surface area contributed by atoms with Crippen LogP contribution in [0.4, 0.5) is 11.6 Å². The SMILES string of the molecule is NCCC(C(=O)Nc1ccc2nnc(N)nc2c1)c1ccc(Cl)c(Cl)c1. The third-order valence-corrected chi connectivity index (χ3v) is 4.60. The molecule has 1 unspecified atom stereocenters. The molecule has 2 aromatic carbocycles. The van der Waals surface area contributed by atoms with Crippen molar-refractivity contribution in [3.8, 4) is 0 Å². The maximum Gasteiger partial charge on any atom is 0.240 e. The summed E-state index contributed by atoms with van der Waals surface area (Å²) in [5.74, 6) is -0.597. The van der Waals surface area contributed by atoms with Crippen molar-refractivity contribution in [3.63, 3.8) is 0 Å². The number of carbonyl (C=O) groups excluding carboxylic acids is 1. The number of fused-ring (bicyclic) bond motifs is 1. The molecule has 0 spiro atoms. The van der Waals surface area contributed by atoms with Crippen LogP contribution in [-0.4, -0.2) is 27.6 Å². The lowest BCUT2D eigenvalue weighted by Crippen LogP contribution is -2.23. The number of benzene rings is 2. The van der Waals surface area contributed by atoms with Gasteiger partial charge in [-0.15, -0.1) is 10.2 Å². The number of aromatic nitrogens is 3. The highest BCUT2D eigenvalue weighted by molar-refractivity contribution is 6.42. The molecule has 1 heterocycles. The van der Waals surface area contributed by atoms with Gasteiger partial charge in [0.1, 0.15) is 5.52 Å². The number of rotatable bonds is 5. The summed E-state index contributed by atoms with van der Waals surface area (Å²) in [7, 11) is 0. The quantitative estimate of drug-likeness (QED) is 0.615. The van der Waals surface area contributed by atoms with Crippen LogP contribution in [0.1, 0.15) is 17.9 Å². The molecule has 0 fully saturated rings. The summed E-state index contributed by atoms with van der Waals surface area (Å²) in [5.41, 5.74) is 13.7. The van der Waals surface area contributed by atoms with E-state index in [-0.39, 0.29) is 11.9 Å².